The van der Waals surface area contributed by atoms with Crippen molar-refractivity contribution in [3.05, 3.63) is 92.9 Å². The van der Waals surface area contributed by atoms with E-state index >= 15 is 0 Å². The Labute approximate surface area is 172 Å². The molecule has 0 saturated heterocycles. The molecule has 2 aromatic heterocycles. The van der Waals surface area contributed by atoms with Gasteiger partial charge >= 0.3 is 5.69 Å². The third-order valence-electron chi connectivity index (χ3n) is 4.97. The van der Waals surface area contributed by atoms with E-state index in [-0.39, 0.29) is 18.0 Å². The second kappa shape index (κ2) is 7.82. The van der Waals surface area contributed by atoms with E-state index in [4.69, 9.17) is 0 Å². The molecule has 0 aliphatic heterocycles. The molecule has 0 saturated carbocycles. The van der Waals surface area contributed by atoms with Crippen LogP contribution in [0.25, 0.3) is 16.6 Å². The number of nitrogens with zero attached hydrogens (tertiary/aromatic N) is 4. The summed E-state index contributed by atoms with van der Waals surface area (Å²) >= 11 is 0. The van der Waals surface area contributed by atoms with Crippen LogP contribution in [-0.2, 0) is 13.1 Å². The molecule has 4 aromatic rings. The zero-order chi connectivity index (χ0) is 21.3. The molecule has 1 amide bonds. The highest BCUT2D eigenvalue weighted by Crippen LogP contribution is 2.14. The molecule has 152 valence electrons. The highest BCUT2D eigenvalue weighted by Gasteiger charge is 2.15. The molecule has 2 heterocycles. The van der Waals surface area contributed by atoms with Gasteiger partial charge in [-0.3, -0.25) is 14.2 Å². The van der Waals surface area contributed by atoms with Gasteiger partial charge in [0.2, 0.25) is 0 Å². The second-order valence-electron chi connectivity index (χ2n) is 7.03. The number of amides is 1. The third-order valence-corrected chi connectivity index (χ3v) is 4.97. The molecule has 0 spiro atoms. The molecule has 0 radical (unpaired) electrons. The smallest absolute Gasteiger partial charge is 0.328 e. The summed E-state index contributed by atoms with van der Waals surface area (Å²) in [6.07, 6.45) is 3.60. The van der Waals surface area contributed by atoms with Gasteiger partial charge in [-0.2, -0.15) is 5.10 Å². The van der Waals surface area contributed by atoms with Crippen LogP contribution in [0.1, 0.15) is 22.8 Å². The Hall–Kier alpha value is -3.94. The zero-order valence-electron chi connectivity index (χ0n) is 16.7. The standard InChI is InChI=1S/C22H21N5O3/c1-3-26-21(29)18-10-9-16(11-19(18)24-22(26)30)20(28)25(2)13-15-12-23-27(14-15)17-7-5-4-6-8-17/h4-12,14H,3,13H2,1-2H3,(H,24,30). The Morgan fingerprint density at radius 2 is 1.90 bits per heavy atom. The van der Waals surface area contributed by atoms with Crippen LogP contribution in [0.4, 0.5) is 0 Å². The van der Waals surface area contributed by atoms with Crippen LogP contribution in [-0.4, -0.2) is 37.2 Å². The summed E-state index contributed by atoms with van der Waals surface area (Å²) in [5.41, 5.74) is 1.72. The Morgan fingerprint density at radius 1 is 1.13 bits per heavy atom. The fraction of sp³-hybridized carbons (Fsp3) is 0.182. The lowest BCUT2D eigenvalue weighted by Gasteiger charge is -2.16. The fourth-order valence-electron chi connectivity index (χ4n) is 3.40. The van der Waals surface area contributed by atoms with Crippen LogP contribution in [0.3, 0.4) is 0 Å². The lowest BCUT2D eigenvalue weighted by Crippen LogP contribution is -2.34. The predicted molar refractivity (Wildman–Crippen MR) is 114 cm³/mol. The van der Waals surface area contributed by atoms with E-state index in [0.29, 0.717) is 23.0 Å². The number of benzene rings is 2. The van der Waals surface area contributed by atoms with E-state index in [0.717, 1.165) is 15.8 Å². The van der Waals surface area contributed by atoms with E-state index in [1.807, 2.05) is 36.5 Å². The third kappa shape index (κ3) is 3.55. The number of para-hydroxylation sites is 1. The van der Waals surface area contributed by atoms with Crippen LogP contribution in [0.2, 0.25) is 0 Å². The van der Waals surface area contributed by atoms with Crippen molar-refractivity contribution in [2.24, 2.45) is 0 Å². The number of rotatable bonds is 5. The van der Waals surface area contributed by atoms with Crippen molar-refractivity contribution in [2.45, 2.75) is 20.0 Å². The first kappa shape index (κ1) is 19.4. The lowest BCUT2D eigenvalue weighted by atomic mass is 10.1. The van der Waals surface area contributed by atoms with Gasteiger partial charge in [-0.25, -0.2) is 9.48 Å². The highest BCUT2D eigenvalue weighted by molar-refractivity contribution is 5.97. The summed E-state index contributed by atoms with van der Waals surface area (Å²) in [5.74, 6) is -0.218. The van der Waals surface area contributed by atoms with E-state index in [9.17, 15) is 14.4 Å². The van der Waals surface area contributed by atoms with Crippen molar-refractivity contribution in [1.82, 2.24) is 24.2 Å². The maximum atomic E-state index is 12.9. The average Bonchev–Trinajstić information content (AvgIpc) is 3.22. The van der Waals surface area contributed by atoms with E-state index in [1.54, 1.807) is 47.9 Å². The van der Waals surface area contributed by atoms with Crippen LogP contribution in [0, 0.1) is 0 Å². The number of carbonyl (C=O) groups excluding carboxylic acids is 1. The molecule has 8 nitrogen and oxygen atoms in total. The van der Waals surface area contributed by atoms with Crippen molar-refractivity contribution in [2.75, 3.05) is 7.05 Å². The number of H-pyrrole nitrogens is 1. The molecule has 4 rings (SSSR count). The van der Waals surface area contributed by atoms with Gasteiger partial charge in [-0.15, -0.1) is 0 Å². The molecule has 0 aliphatic rings. The molecule has 0 fully saturated rings. The first-order valence-electron chi connectivity index (χ1n) is 9.59. The van der Waals surface area contributed by atoms with Gasteiger partial charge in [0, 0.05) is 37.5 Å². The van der Waals surface area contributed by atoms with Crippen molar-refractivity contribution in [1.29, 1.82) is 0 Å². The number of fused-ring (bicyclic) bond motifs is 1. The van der Waals surface area contributed by atoms with Gasteiger partial charge in [0.1, 0.15) is 0 Å². The van der Waals surface area contributed by atoms with Crippen LogP contribution >= 0.6 is 0 Å². The van der Waals surface area contributed by atoms with E-state index in [1.165, 1.54) is 0 Å². The number of hydrogen-bond donors (Lipinski definition) is 1. The molecule has 30 heavy (non-hydrogen) atoms. The fourth-order valence-corrected chi connectivity index (χ4v) is 3.40. The zero-order valence-corrected chi connectivity index (χ0v) is 16.7. The second-order valence-corrected chi connectivity index (χ2v) is 7.03. The van der Waals surface area contributed by atoms with Gasteiger partial charge in [-0.1, -0.05) is 18.2 Å². The van der Waals surface area contributed by atoms with Gasteiger partial charge in [0.15, 0.2) is 0 Å². The minimum Gasteiger partial charge on any atom is -0.337 e. The van der Waals surface area contributed by atoms with Crippen molar-refractivity contribution < 1.29 is 4.79 Å². The molecule has 0 aliphatic carbocycles. The Kier molecular flexibility index (Phi) is 5.05. The Balaban J connectivity index is 1.57. The molecule has 0 unspecified atom stereocenters. The first-order chi connectivity index (χ1) is 14.5. The van der Waals surface area contributed by atoms with Gasteiger partial charge in [-0.05, 0) is 37.3 Å². The molecule has 2 aromatic carbocycles. The van der Waals surface area contributed by atoms with Gasteiger partial charge < -0.3 is 9.88 Å². The quantitative estimate of drug-likeness (QED) is 0.553. The summed E-state index contributed by atoms with van der Waals surface area (Å²) in [5, 5.41) is 4.72. The van der Waals surface area contributed by atoms with Crippen LogP contribution in [0.5, 0.6) is 0 Å². The normalized spacial score (nSPS) is 11.0. The van der Waals surface area contributed by atoms with Crippen molar-refractivity contribution in [3.8, 4) is 5.69 Å². The SMILES string of the molecule is CCn1c(=O)[nH]c2cc(C(=O)N(C)Cc3cnn(-c4ccccc4)c3)ccc2c1=O. The number of aromatic amines is 1. The van der Waals surface area contributed by atoms with E-state index in [2.05, 4.69) is 10.1 Å². The molecule has 0 atom stereocenters. The minimum absolute atomic E-state index is 0.218. The first-order valence-corrected chi connectivity index (χ1v) is 9.59. The van der Waals surface area contributed by atoms with Crippen LogP contribution in [0.15, 0.2) is 70.5 Å². The van der Waals surface area contributed by atoms with Gasteiger partial charge in [0.25, 0.3) is 11.5 Å². The number of carbonyl (C=O) groups is 1. The number of nitrogens with one attached hydrogen (secondary N) is 1. The van der Waals surface area contributed by atoms with Crippen LogP contribution < -0.4 is 11.2 Å². The summed E-state index contributed by atoms with van der Waals surface area (Å²) in [7, 11) is 1.70. The Bertz CT molecular complexity index is 1330. The molecule has 0 bridgehead atoms. The van der Waals surface area contributed by atoms with E-state index < -0.39 is 5.69 Å². The average molecular weight is 403 g/mol. The lowest BCUT2D eigenvalue weighted by molar-refractivity contribution is 0.0785. The Morgan fingerprint density at radius 3 is 2.63 bits per heavy atom. The minimum atomic E-state index is -0.485. The van der Waals surface area contributed by atoms with Gasteiger partial charge in [0.05, 0.1) is 22.8 Å². The highest BCUT2D eigenvalue weighted by atomic mass is 16.2. The topological polar surface area (TPSA) is 93.0 Å². The summed E-state index contributed by atoms with van der Waals surface area (Å²) in [6, 6.07) is 14.4. The predicted octanol–water partition coefficient (Wildman–Crippen LogP) is 2.17. The maximum Gasteiger partial charge on any atom is 0.328 e. The van der Waals surface area contributed by atoms with Crippen molar-refractivity contribution >= 4 is 16.8 Å². The molecule has 8 heteroatoms. The molecular weight excluding hydrogens is 382 g/mol. The monoisotopic (exact) mass is 403 g/mol. The van der Waals surface area contributed by atoms with Crippen molar-refractivity contribution in [3.63, 3.8) is 0 Å². The summed E-state index contributed by atoms with van der Waals surface area (Å²) in [4.78, 5) is 41.6. The number of hydrogen-bond acceptors (Lipinski definition) is 4. The molecule has 1 N–H and O–H groups in total. The summed E-state index contributed by atoms with van der Waals surface area (Å²) in [6.45, 7) is 2.39. The largest absolute Gasteiger partial charge is 0.337 e. The maximum absolute atomic E-state index is 12.9. The number of aromatic nitrogens is 4. The molecular formula is C22H21N5O3. The summed E-state index contributed by atoms with van der Waals surface area (Å²) < 4.78 is 2.88.